The fourth-order valence-electron chi connectivity index (χ4n) is 2.68. The molecule has 3 heteroatoms. The van der Waals surface area contributed by atoms with E-state index in [2.05, 4.69) is 49.5 Å². The van der Waals surface area contributed by atoms with Crippen LogP contribution < -0.4 is 5.19 Å². The monoisotopic (exact) mass is 274 g/mol. The van der Waals surface area contributed by atoms with Gasteiger partial charge in [-0.3, -0.25) is 0 Å². The Morgan fingerprint density at radius 3 is 2.11 bits per heavy atom. The second-order valence-corrected chi connectivity index (χ2v) is 8.00. The van der Waals surface area contributed by atoms with Gasteiger partial charge in [0.1, 0.15) is 11.5 Å². The summed E-state index contributed by atoms with van der Waals surface area (Å²) in [6, 6.07) is 8.69. The Morgan fingerprint density at radius 1 is 1.00 bits per heavy atom. The molecule has 1 aliphatic carbocycles. The fraction of sp³-hybridized carbons (Fsp3) is 0.375. The van der Waals surface area contributed by atoms with E-state index in [0.29, 0.717) is 0 Å². The van der Waals surface area contributed by atoms with E-state index in [4.69, 9.17) is 9.47 Å². The van der Waals surface area contributed by atoms with E-state index in [0.717, 1.165) is 17.9 Å². The highest BCUT2D eigenvalue weighted by Gasteiger charge is 2.28. The lowest BCUT2D eigenvalue weighted by Crippen LogP contribution is -2.30. The molecular formula is C16H22O2Si. The quantitative estimate of drug-likeness (QED) is 0.786. The Labute approximate surface area is 117 Å². The first-order chi connectivity index (χ1) is 9.19. The molecule has 0 saturated heterocycles. The van der Waals surface area contributed by atoms with Gasteiger partial charge >= 0.3 is 0 Å². The van der Waals surface area contributed by atoms with Crippen LogP contribution in [0.25, 0.3) is 0 Å². The molecule has 1 aromatic carbocycles. The van der Waals surface area contributed by atoms with E-state index >= 15 is 0 Å². The van der Waals surface area contributed by atoms with Gasteiger partial charge < -0.3 is 9.47 Å². The van der Waals surface area contributed by atoms with Crippen molar-refractivity contribution >= 4 is 14.0 Å². The lowest BCUT2D eigenvalue weighted by Gasteiger charge is -2.27. The standard InChI is InChI=1S/C16H22O2Si/c1-17-13-9-7-10-14(18-2)16(13)12-8-5-6-11-15(12)19(3)4/h5-6,8-11,16,19H,7H2,1-4H3. The number of ether oxygens (including phenoxy) is 2. The van der Waals surface area contributed by atoms with Gasteiger partial charge in [0.2, 0.25) is 0 Å². The van der Waals surface area contributed by atoms with Crippen molar-refractivity contribution in [2.24, 2.45) is 0 Å². The first kappa shape index (κ1) is 13.9. The largest absolute Gasteiger partial charge is 0.500 e. The molecular weight excluding hydrogens is 252 g/mol. The van der Waals surface area contributed by atoms with Gasteiger partial charge in [-0.05, 0) is 24.1 Å². The molecule has 0 aliphatic heterocycles. The third kappa shape index (κ3) is 2.76. The fourth-order valence-corrected chi connectivity index (χ4v) is 4.10. The van der Waals surface area contributed by atoms with Crippen LogP contribution in [0.1, 0.15) is 17.9 Å². The highest BCUT2D eigenvalue weighted by molar-refractivity contribution is 6.71. The van der Waals surface area contributed by atoms with E-state index < -0.39 is 8.80 Å². The Kier molecular flexibility index (Phi) is 4.48. The second kappa shape index (κ2) is 6.11. The maximum absolute atomic E-state index is 5.58. The number of benzene rings is 1. The van der Waals surface area contributed by atoms with Crippen LogP contribution in [0.2, 0.25) is 13.1 Å². The van der Waals surface area contributed by atoms with E-state index in [1.807, 2.05) is 0 Å². The normalized spacial score (nSPS) is 16.1. The molecule has 2 rings (SSSR count). The summed E-state index contributed by atoms with van der Waals surface area (Å²) in [5, 5.41) is 1.49. The van der Waals surface area contributed by atoms with Crippen LogP contribution in [0.5, 0.6) is 0 Å². The number of hydrogen-bond acceptors (Lipinski definition) is 2. The zero-order valence-corrected chi connectivity index (χ0v) is 13.3. The molecule has 1 aliphatic rings. The van der Waals surface area contributed by atoms with Gasteiger partial charge in [0.15, 0.2) is 0 Å². The van der Waals surface area contributed by atoms with E-state index in [1.54, 1.807) is 14.2 Å². The van der Waals surface area contributed by atoms with Gasteiger partial charge in [0, 0.05) is 0 Å². The van der Waals surface area contributed by atoms with Gasteiger partial charge in [0.25, 0.3) is 0 Å². The molecule has 0 saturated carbocycles. The maximum Gasteiger partial charge on any atom is 0.107 e. The SMILES string of the molecule is COC1=CCC=C(OC)C1c1ccccc1[SiH](C)C. The molecule has 0 unspecified atom stereocenters. The molecule has 1 aromatic rings. The lowest BCUT2D eigenvalue weighted by atomic mass is 9.90. The van der Waals surface area contributed by atoms with Crippen molar-refractivity contribution in [1.82, 2.24) is 0 Å². The molecule has 0 N–H and O–H groups in total. The average molecular weight is 274 g/mol. The zero-order valence-electron chi connectivity index (χ0n) is 12.1. The number of methoxy groups -OCH3 is 2. The van der Waals surface area contributed by atoms with Gasteiger partial charge in [-0.2, -0.15) is 0 Å². The number of allylic oxidation sites excluding steroid dienone is 2. The molecule has 0 fully saturated rings. The minimum atomic E-state index is -0.881. The number of rotatable bonds is 4. The van der Waals surface area contributed by atoms with Crippen molar-refractivity contribution in [2.45, 2.75) is 25.4 Å². The summed E-state index contributed by atoms with van der Waals surface area (Å²) in [5.41, 5.74) is 1.34. The van der Waals surface area contributed by atoms with Crippen molar-refractivity contribution in [1.29, 1.82) is 0 Å². The van der Waals surface area contributed by atoms with Gasteiger partial charge in [-0.1, -0.05) is 42.5 Å². The predicted molar refractivity (Wildman–Crippen MR) is 82.5 cm³/mol. The van der Waals surface area contributed by atoms with Crippen LogP contribution in [0, 0.1) is 0 Å². The lowest BCUT2D eigenvalue weighted by molar-refractivity contribution is 0.216. The van der Waals surface area contributed by atoms with Gasteiger partial charge in [-0.25, -0.2) is 0 Å². The Balaban J connectivity index is 2.50. The van der Waals surface area contributed by atoms with Crippen molar-refractivity contribution in [3.63, 3.8) is 0 Å². The van der Waals surface area contributed by atoms with Crippen LogP contribution in [0.3, 0.4) is 0 Å². The Hall–Kier alpha value is -1.48. The van der Waals surface area contributed by atoms with Crippen molar-refractivity contribution in [2.75, 3.05) is 14.2 Å². The Bertz CT molecular complexity index is 483. The van der Waals surface area contributed by atoms with Crippen molar-refractivity contribution in [3.8, 4) is 0 Å². The molecule has 0 atom stereocenters. The van der Waals surface area contributed by atoms with Crippen LogP contribution in [0.4, 0.5) is 0 Å². The van der Waals surface area contributed by atoms with Crippen LogP contribution in [-0.4, -0.2) is 23.0 Å². The average Bonchev–Trinajstić information content (AvgIpc) is 2.46. The smallest absolute Gasteiger partial charge is 0.107 e. The molecule has 2 nitrogen and oxygen atoms in total. The van der Waals surface area contributed by atoms with Gasteiger partial charge in [-0.15, -0.1) is 0 Å². The molecule has 0 spiro atoms. The molecule has 0 aromatic heterocycles. The summed E-state index contributed by atoms with van der Waals surface area (Å²) >= 11 is 0. The van der Waals surface area contributed by atoms with Crippen molar-refractivity contribution < 1.29 is 9.47 Å². The molecule has 0 bridgehead atoms. The highest BCUT2D eigenvalue weighted by Crippen LogP contribution is 2.35. The summed E-state index contributed by atoms with van der Waals surface area (Å²) < 4.78 is 11.2. The molecule has 19 heavy (non-hydrogen) atoms. The minimum absolute atomic E-state index is 0.120. The zero-order chi connectivity index (χ0) is 13.8. The summed E-state index contributed by atoms with van der Waals surface area (Å²) in [6.45, 7) is 4.71. The first-order valence-corrected chi connectivity index (χ1v) is 9.64. The van der Waals surface area contributed by atoms with E-state index in [9.17, 15) is 0 Å². The molecule has 0 radical (unpaired) electrons. The van der Waals surface area contributed by atoms with E-state index in [-0.39, 0.29) is 5.92 Å². The highest BCUT2D eigenvalue weighted by atomic mass is 28.3. The van der Waals surface area contributed by atoms with Crippen molar-refractivity contribution in [3.05, 3.63) is 53.5 Å². The summed E-state index contributed by atoms with van der Waals surface area (Å²) in [5.74, 6) is 2.12. The Morgan fingerprint density at radius 2 is 1.58 bits per heavy atom. The number of hydrogen-bond donors (Lipinski definition) is 0. The minimum Gasteiger partial charge on any atom is -0.500 e. The van der Waals surface area contributed by atoms with Crippen LogP contribution in [-0.2, 0) is 9.47 Å². The predicted octanol–water partition coefficient (Wildman–Crippen LogP) is 2.93. The molecule has 102 valence electrons. The molecule has 0 heterocycles. The third-order valence-corrected chi connectivity index (χ3v) is 5.38. The molecule has 0 amide bonds. The summed E-state index contributed by atoms with van der Waals surface area (Å²) in [7, 11) is 2.60. The van der Waals surface area contributed by atoms with E-state index in [1.165, 1.54) is 10.8 Å². The van der Waals surface area contributed by atoms with Crippen LogP contribution >= 0.6 is 0 Å². The summed E-state index contributed by atoms with van der Waals surface area (Å²) in [6.07, 6.45) is 5.17. The summed E-state index contributed by atoms with van der Waals surface area (Å²) in [4.78, 5) is 0. The maximum atomic E-state index is 5.58. The topological polar surface area (TPSA) is 18.5 Å². The van der Waals surface area contributed by atoms with Crippen LogP contribution in [0.15, 0.2) is 47.9 Å². The third-order valence-electron chi connectivity index (χ3n) is 3.61. The van der Waals surface area contributed by atoms with Gasteiger partial charge in [0.05, 0.1) is 28.9 Å². The second-order valence-electron chi connectivity index (χ2n) is 5.07. The first-order valence-electron chi connectivity index (χ1n) is 6.76.